The number of methoxy groups -OCH3 is 1. The zero-order valence-corrected chi connectivity index (χ0v) is 20.1. The quantitative estimate of drug-likeness (QED) is 0.321. The minimum absolute atomic E-state index is 0.00158. The Morgan fingerprint density at radius 1 is 0.973 bits per heavy atom. The molecule has 4 rings (SSSR count). The van der Waals surface area contributed by atoms with E-state index in [2.05, 4.69) is 19.6 Å². The molecule has 0 spiro atoms. The first-order valence-corrected chi connectivity index (χ1v) is 12.3. The summed E-state index contributed by atoms with van der Waals surface area (Å²) in [5.41, 5.74) is 0.0830. The lowest BCUT2D eigenvalue weighted by atomic mass is 9.97. The fourth-order valence-corrected chi connectivity index (χ4v) is 4.53. The highest BCUT2D eigenvalue weighted by atomic mass is 32.2. The number of alkyl halides is 3. The molecule has 3 aromatic carbocycles. The van der Waals surface area contributed by atoms with E-state index in [1.165, 1.54) is 43.5 Å². The van der Waals surface area contributed by atoms with Gasteiger partial charge in [0.25, 0.3) is 5.89 Å². The zero-order chi connectivity index (χ0) is 26.6. The summed E-state index contributed by atoms with van der Waals surface area (Å²) in [6.45, 7) is -0.132. The third-order valence-electron chi connectivity index (χ3n) is 5.35. The molecule has 0 radical (unpaired) electrons. The number of halogens is 3. The summed E-state index contributed by atoms with van der Waals surface area (Å²) >= 11 is 0. The molecule has 12 heteroatoms. The van der Waals surface area contributed by atoms with E-state index in [1.807, 2.05) is 0 Å². The van der Waals surface area contributed by atoms with Gasteiger partial charge in [0.2, 0.25) is 15.8 Å². The normalized spacial score (nSPS) is 11.9. The van der Waals surface area contributed by atoms with Crippen molar-refractivity contribution < 1.29 is 35.6 Å². The summed E-state index contributed by atoms with van der Waals surface area (Å²) in [6.07, 6.45) is -4.74. The SMILES string of the molecule is COC(=O)CCNS(=O)(=O)c1ccc(-c2nc(-c3ccc(-c4ccccc4)c(C(F)(F)F)c3)no2)cc1. The van der Waals surface area contributed by atoms with Crippen LogP contribution in [-0.2, 0) is 25.7 Å². The van der Waals surface area contributed by atoms with Crippen LogP contribution in [-0.4, -0.2) is 38.2 Å². The molecule has 0 bridgehead atoms. The molecule has 0 saturated carbocycles. The van der Waals surface area contributed by atoms with Crippen LogP contribution in [0.25, 0.3) is 34.0 Å². The lowest BCUT2D eigenvalue weighted by Crippen LogP contribution is -2.26. The van der Waals surface area contributed by atoms with Gasteiger partial charge in [-0.3, -0.25) is 4.79 Å². The maximum atomic E-state index is 13.8. The highest BCUT2D eigenvalue weighted by molar-refractivity contribution is 7.89. The summed E-state index contributed by atoms with van der Waals surface area (Å²) in [7, 11) is -2.68. The number of ether oxygens (including phenoxy) is 1. The molecule has 0 saturated heterocycles. The highest BCUT2D eigenvalue weighted by Crippen LogP contribution is 2.39. The molecule has 0 aliphatic heterocycles. The minimum atomic E-state index is -4.61. The Bertz CT molecular complexity index is 1500. The van der Waals surface area contributed by atoms with Crippen molar-refractivity contribution in [2.24, 2.45) is 0 Å². The number of benzene rings is 3. The van der Waals surface area contributed by atoms with Gasteiger partial charge in [-0.1, -0.05) is 47.6 Å². The molecule has 0 aliphatic carbocycles. The van der Waals surface area contributed by atoms with Crippen molar-refractivity contribution in [2.75, 3.05) is 13.7 Å². The lowest BCUT2D eigenvalue weighted by Gasteiger charge is -2.14. The van der Waals surface area contributed by atoms with Crippen LogP contribution < -0.4 is 4.72 Å². The molecule has 0 unspecified atom stereocenters. The average molecular weight is 532 g/mol. The number of nitrogens with zero attached hydrogens (tertiary/aromatic N) is 2. The second-order valence-electron chi connectivity index (χ2n) is 7.80. The molecular formula is C25H20F3N3O5S. The summed E-state index contributed by atoms with van der Waals surface area (Å²) in [4.78, 5) is 15.3. The average Bonchev–Trinajstić information content (AvgIpc) is 3.39. The summed E-state index contributed by atoms with van der Waals surface area (Å²) in [5.74, 6) is -0.609. The second-order valence-corrected chi connectivity index (χ2v) is 9.56. The molecule has 1 aromatic heterocycles. The Morgan fingerprint density at radius 3 is 2.30 bits per heavy atom. The number of nitrogens with one attached hydrogen (secondary N) is 1. The number of esters is 1. The van der Waals surface area contributed by atoms with E-state index in [4.69, 9.17) is 4.52 Å². The van der Waals surface area contributed by atoms with E-state index in [9.17, 15) is 26.4 Å². The minimum Gasteiger partial charge on any atom is -0.469 e. The first kappa shape index (κ1) is 26.0. The van der Waals surface area contributed by atoms with Crippen LogP contribution in [0.3, 0.4) is 0 Å². The summed E-state index contributed by atoms with van der Waals surface area (Å²) in [5, 5.41) is 3.80. The molecule has 1 heterocycles. The number of carbonyl (C=O) groups excluding carboxylic acids is 1. The second kappa shape index (κ2) is 10.5. The van der Waals surface area contributed by atoms with Crippen LogP contribution in [0.4, 0.5) is 13.2 Å². The molecule has 1 N–H and O–H groups in total. The van der Waals surface area contributed by atoms with Crippen LogP contribution in [0.1, 0.15) is 12.0 Å². The van der Waals surface area contributed by atoms with Crippen LogP contribution >= 0.6 is 0 Å². The van der Waals surface area contributed by atoms with Crippen molar-refractivity contribution in [3.8, 4) is 34.0 Å². The Hall–Kier alpha value is -4.03. The monoisotopic (exact) mass is 531 g/mol. The van der Waals surface area contributed by atoms with Crippen molar-refractivity contribution in [3.05, 3.63) is 78.4 Å². The molecule has 0 atom stereocenters. The Morgan fingerprint density at radius 2 is 1.65 bits per heavy atom. The molecule has 192 valence electrons. The summed E-state index contributed by atoms with van der Waals surface area (Å²) in [6, 6.07) is 17.5. The lowest BCUT2D eigenvalue weighted by molar-refractivity contribution is -0.140. The van der Waals surface area contributed by atoms with E-state index < -0.39 is 27.7 Å². The first-order chi connectivity index (χ1) is 17.6. The number of hydrogen-bond acceptors (Lipinski definition) is 7. The molecular weight excluding hydrogens is 511 g/mol. The van der Waals surface area contributed by atoms with Gasteiger partial charge in [-0.05, 0) is 41.5 Å². The van der Waals surface area contributed by atoms with Crippen molar-refractivity contribution >= 4 is 16.0 Å². The molecule has 0 aliphatic rings. The van der Waals surface area contributed by atoms with Gasteiger partial charge in [0, 0.05) is 17.7 Å². The van der Waals surface area contributed by atoms with Crippen LogP contribution in [0.2, 0.25) is 0 Å². The molecule has 8 nitrogen and oxygen atoms in total. The standard InChI is InChI=1S/C25H20F3N3O5S/c1-35-22(32)13-14-29-37(33,34)19-10-7-17(8-11-19)24-30-23(31-36-24)18-9-12-20(16-5-3-2-4-6-16)21(15-18)25(26,27)28/h2-12,15,29H,13-14H2,1H3. The Kier molecular flexibility index (Phi) is 7.41. The molecule has 0 amide bonds. The predicted octanol–water partition coefficient (Wildman–Crippen LogP) is 4.93. The summed E-state index contributed by atoms with van der Waals surface area (Å²) < 4.78 is 78.2. The van der Waals surface area contributed by atoms with Gasteiger partial charge in [0.05, 0.1) is 24.0 Å². The zero-order valence-electron chi connectivity index (χ0n) is 19.3. The van der Waals surface area contributed by atoms with Crippen molar-refractivity contribution in [2.45, 2.75) is 17.5 Å². The molecule has 37 heavy (non-hydrogen) atoms. The van der Waals surface area contributed by atoms with Gasteiger partial charge in [-0.15, -0.1) is 0 Å². The van der Waals surface area contributed by atoms with E-state index in [1.54, 1.807) is 30.3 Å². The fourth-order valence-electron chi connectivity index (χ4n) is 3.49. The maximum Gasteiger partial charge on any atom is 0.417 e. The fraction of sp³-hybridized carbons (Fsp3) is 0.160. The highest BCUT2D eigenvalue weighted by Gasteiger charge is 2.34. The van der Waals surface area contributed by atoms with Gasteiger partial charge in [-0.25, -0.2) is 13.1 Å². The topological polar surface area (TPSA) is 111 Å². The van der Waals surface area contributed by atoms with Gasteiger partial charge in [0.1, 0.15) is 0 Å². The van der Waals surface area contributed by atoms with Crippen molar-refractivity contribution in [1.29, 1.82) is 0 Å². The maximum absolute atomic E-state index is 13.8. The molecule has 0 fully saturated rings. The predicted molar refractivity (Wildman–Crippen MR) is 127 cm³/mol. The van der Waals surface area contributed by atoms with Gasteiger partial charge < -0.3 is 9.26 Å². The largest absolute Gasteiger partial charge is 0.469 e. The number of hydrogen-bond donors (Lipinski definition) is 1. The Balaban J connectivity index is 1.56. The van der Waals surface area contributed by atoms with E-state index in [-0.39, 0.29) is 40.7 Å². The number of aromatic nitrogens is 2. The van der Waals surface area contributed by atoms with Gasteiger partial charge >= 0.3 is 12.1 Å². The van der Waals surface area contributed by atoms with Crippen molar-refractivity contribution in [3.63, 3.8) is 0 Å². The van der Waals surface area contributed by atoms with Crippen LogP contribution in [0.5, 0.6) is 0 Å². The Labute approximate surface area is 210 Å². The molecule has 4 aromatic rings. The number of carbonyl (C=O) groups is 1. The van der Waals surface area contributed by atoms with Gasteiger partial charge in [-0.2, -0.15) is 18.2 Å². The number of rotatable bonds is 8. The smallest absolute Gasteiger partial charge is 0.417 e. The van der Waals surface area contributed by atoms with E-state index in [0.29, 0.717) is 11.1 Å². The van der Waals surface area contributed by atoms with Crippen molar-refractivity contribution in [1.82, 2.24) is 14.9 Å². The first-order valence-electron chi connectivity index (χ1n) is 10.9. The van der Waals surface area contributed by atoms with E-state index in [0.717, 1.165) is 6.07 Å². The number of sulfonamides is 1. The van der Waals surface area contributed by atoms with Crippen LogP contribution in [0.15, 0.2) is 82.2 Å². The van der Waals surface area contributed by atoms with Gasteiger partial charge in [0.15, 0.2) is 0 Å². The third kappa shape index (κ3) is 6.04. The van der Waals surface area contributed by atoms with E-state index >= 15 is 0 Å². The van der Waals surface area contributed by atoms with Crippen LogP contribution in [0, 0.1) is 0 Å². The third-order valence-corrected chi connectivity index (χ3v) is 6.83.